The molecule has 0 spiro atoms. The predicted molar refractivity (Wildman–Crippen MR) is 93.7 cm³/mol. The second-order valence-electron chi connectivity index (χ2n) is 6.40. The van der Waals surface area contributed by atoms with Crippen molar-refractivity contribution in [2.75, 3.05) is 19.7 Å². The maximum Gasteiger partial charge on any atom is 0.248 e. The molecule has 2 rings (SSSR count). The molecule has 1 aromatic rings. The molecule has 7 heteroatoms. The Hall–Kier alpha value is -1.63. The minimum absolute atomic E-state index is 0.161. The molecule has 0 bridgehead atoms. The number of hydrogen-bond donors (Lipinski definition) is 2. The van der Waals surface area contributed by atoms with Crippen LogP contribution >= 0.6 is 0 Å². The molecule has 1 heterocycles. The van der Waals surface area contributed by atoms with Gasteiger partial charge in [0.05, 0.1) is 0 Å². The number of rotatable bonds is 9. The average Bonchev–Trinajstić information content (AvgIpc) is 3.01. The van der Waals surface area contributed by atoms with Gasteiger partial charge in [0.2, 0.25) is 5.89 Å². The first kappa shape index (κ1) is 18.7. The molecular formula is C17H31N5O2. The molecule has 1 saturated carbocycles. The Morgan fingerprint density at radius 3 is 2.71 bits per heavy atom. The molecule has 0 amide bonds. The molecular weight excluding hydrogens is 306 g/mol. The van der Waals surface area contributed by atoms with Crippen molar-refractivity contribution in [1.82, 2.24) is 20.8 Å². The van der Waals surface area contributed by atoms with Crippen LogP contribution in [0.4, 0.5) is 0 Å². The van der Waals surface area contributed by atoms with Gasteiger partial charge in [-0.25, -0.2) is 4.99 Å². The monoisotopic (exact) mass is 337 g/mol. The maximum atomic E-state index is 5.47. The van der Waals surface area contributed by atoms with Crippen molar-refractivity contribution in [1.29, 1.82) is 0 Å². The fourth-order valence-electron chi connectivity index (χ4n) is 2.91. The molecule has 2 N–H and O–H groups in total. The summed E-state index contributed by atoms with van der Waals surface area (Å²) in [5.41, 5.74) is 0.445. The Balaban J connectivity index is 1.90. The topological polar surface area (TPSA) is 84.6 Å². The standard InChI is InChI=1S/C17H31N5O2/c1-5-17(9-8-10-17)12-20-16(18-6-2)19-11-14-21-15(22-24-14)13(4)23-7-3/h13H,5-12H2,1-4H3,(H2,18,19,20). The van der Waals surface area contributed by atoms with E-state index in [0.29, 0.717) is 30.3 Å². The van der Waals surface area contributed by atoms with Crippen molar-refractivity contribution in [3.05, 3.63) is 11.7 Å². The average molecular weight is 337 g/mol. The molecule has 0 aliphatic heterocycles. The van der Waals surface area contributed by atoms with Gasteiger partial charge in [-0.2, -0.15) is 4.98 Å². The first-order valence-corrected chi connectivity index (χ1v) is 9.08. The summed E-state index contributed by atoms with van der Waals surface area (Å²) in [6.45, 7) is 11.0. The van der Waals surface area contributed by atoms with Crippen LogP contribution in [0.25, 0.3) is 0 Å². The summed E-state index contributed by atoms with van der Waals surface area (Å²) in [4.78, 5) is 8.90. The third kappa shape index (κ3) is 4.93. The lowest BCUT2D eigenvalue weighted by Crippen LogP contribution is -2.46. The fraction of sp³-hybridized carbons (Fsp3) is 0.824. The number of aromatic nitrogens is 2. The first-order chi connectivity index (χ1) is 11.6. The van der Waals surface area contributed by atoms with Crippen LogP contribution in [-0.2, 0) is 11.3 Å². The molecule has 1 aromatic heterocycles. The van der Waals surface area contributed by atoms with Gasteiger partial charge < -0.3 is 19.9 Å². The summed E-state index contributed by atoms with van der Waals surface area (Å²) in [6.07, 6.45) is 5.00. The second-order valence-corrected chi connectivity index (χ2v) is 6.40. The van der Waals surface area contributed by atoms with E-state index in [1.54, 1.807) is 0 Å². The molecule has 136 valence electrons. The zero-order valence-corrected chi connectivity index (χ0v) is 15.4. The Labute approximate surface area is 144 Å². The van der Waals surface area contributed by atoms with Crippen LogP contribution in [0.2, 0.25) is 0 Å². The van der Waals surface area contributed by atoms with Crippen LogP contribution in [0.5, 0.6) is 0 Å². The highest BCUT2D eigenvalue weighted by molar-refractivity contribution is 5.79. The first-order valence-electron chi connectivity index (χ1n) is 9.08. The summed E-state index contributed by atoms with van der Waals surface area (Å²) in [5.74, 6) is 1.87. The van der Waals surface area contributed by atoms with Crippen LogP contribution in [-0.4, -0.2) is 35.8 Å². The summed E-state index contributed by atoms with van der Waals surface area (Å²) >= 11 is 0. The SMILES string of the molecule is CCNC(=NCc1nc(C(C)OCC)no1)NCC1(CC)CCC1. The van der Waals surface area contributed by atoms with Gasteiger partial charge in [-0.05, 0) is 45.4 Å². The van der Waals surface area contributed by atoms with E-state index < -0.39 is 0 Å². The number of nitrogens with zero attached hydrogens (tertiary/aromatic N) is 3. The largest absolute Gasteiger partial charge is 0.371 e. The van der Waals surface area contributed by atoms with Crippen molar-refractivity contribution in [2.45, 2.75) is 66.0 Å². The van der Waals surface area contributed by atoms with E-state index in [9.17, 15) is 0 Å². The van der Waals surface area contributed by atoms with Crippen molar-refractivity contribution < 1.29 is 9.26 Å². The Morgan fingerprint density at radius 2 is 2.12 bits per heavy atom. The molecule has 7 nitrogen and oxygen atoms in total. The molecule has 24 heavy (non-hydrogen) atoms. The van der Waals surface area contributed by atoms with Crippen molar-refractivity contribution in [3.63, 3.8) is 0 Å². The van der Waals surface area contributed by atoms with E-state index in [0.717, 1.165) is 19.0 Å². The van der Waals surface area contributed by atoms with E-state index in [1.807, 2.05) is 13.8 Å². The van der Waals surface area contributed by atoms with Gasteiger partial charge in [0.15, 0.2) is 11.8 Å². The second kappa shape index (κ2) is 9.01. The molecule has 0 radical (unpaired) electrons. The van der Waals surface area contributed by atoms with Crippen molar-refractivity contribution in [2.24, 2.45) is 10.4 Å². The Morgan fingerprint density at radius 1 is 1.33 bits per heavy atom. The van der Waals surface area contributed by atoms with E-state index in [2.05, 4.69) is 39.6 Å². The lowest BCUT2D eigenvalue weighted by atomic mass is 9.67. The van der Waals surface area contributed by atoms with Crippen LogP contribution in [0.1, 0.15) is 71.2 Å². The smallest absolute Gasteiger partial charge is 0.248 e. The fourth-order valence-corrected chi connectivity index (χ4v) is 2.91. The van der Waals surface area contributed by atoms with Gasteiger partial charge in [0.25, 0.3) is 0 Å². The van der Waals surface area contributed by atoms with E-state index in [-0.39, 0.29) is 6.10 Å². The van der Waals surface area contributed by atoms with Gasteiger partial charge in [0, 0.05) is 19.7 Å². The Bertz CT molecular complexity index is 519. The Kier molecular flexibility index (Phi) is 7.02. The van der Waals surface area contributed by atoms with Gasteiger partial charge >= 0.3 is 0 Å². The summed E-state index contributed by atoms with van der Waals surface area (Å²) in [7, 11) is 0. The highest BCUT2D eigenvalue weighted by atomic mass is 16.5. The number of guanidine groups is 1. The zero-order valence-electron chi connectivity index (χ0n) is 15.4. The summed E-state index contributed by atoms with van der Waals surface area (Å²) in [5, 5.41) is 10.7. The van der Waals surface area contributed by atoms with Gasteiger partial charge in [-0.3, -0.25) is 0 Å². The molecule has 1 aliphatic rings. The molecule has 1 aliphatic carbocycles. The lowest BCUT2D eigenvalue weighted by Gasteiger charge is -2.41. The van der Waals surface area contributed by atoms with E-state index >= 15 is 0 Å². The van der Waals surface area contributed by atoms with Crippen LogP contribution in [0.3, 0.4) is 0 Å². The summed E-state index contributed by atoms with van der Waals surface area (Å²) < 4.78 is 10.7. The van der Waals surface area contributed by atoms with E-state index in [4.69, 9.17) is 9.26 Å². The van der Waals surface area contributed by atoms with Gasteiger partial charge in [0.1, 0.15) is 12.6 Å². The van der Waals surface area contributed by atoms with Crippen molar-refractivity contribution in [3.8, 4) is 0 Å². The molecule has 1 unspecified atom stereocenters. The number of ether oxygens (including phenoxy) is 1. The molecule has 1 atom stereocenters. The third-order valence-corrected chi connectivity index (χ3v) is 4.78. The molecule has 1 fully saturated rings. The molecule has 0 aromatic carbocycles. The van der Waals surface area contributed by atoms with Crippen LogP contribution in [0, 0.1) is 5.41 Å². The maximum absolute atomic E-state index is 5.47. The van der Waals surface area contributed by atoms with Gasteiger partial charge in [-0.1, -0.05) is 18.5 Å². The minimum Gasteiger partial charge on any atom is -0.371 e. The number of hydrogen-bond acceptors (Lipinski definition) is 5. The summed E-state index contributed by atoms with van der Waals surface area (Å²) in [6, 6.07) is 0. The third-order valence-electron chi connectivity index (χ3n) is 4.78. The quantitative estimate of drug-likeness (QED) is 0.532. The zero-order chi connectivity index (χ0) is 17.4. The van der Waals surface area contributed by atoms with Gasteiger partial charge in [-0.15, -0.1) is 0 Å². The van der Waals surface area contributed by atoms with Crippen molar-refractivity contribution >= 4 is 5.96 Å². The van der Waals surface area contributed by atoms with Crippen LogP contribution < -0.4 is 10.6 Å². The highest BCUT2D eigenvalue weighted by Crippen LogP contribution is 2.42. The number of aliphatic imine (C=N–C) groups is 1. The minimum atomic E-state index is -0.161. The highest BCUT2D eigenvalue weighted by Gasteiger charge is 2.34. The predicted octanol–water partition coefficient (Wildman–Crippen LogP) is 2.80. The molecule has 0 saturated heterocycles. The van der Waals surface area contributed by atoms with E-state index in [1.165, 1.54) is 25.7 Å². The lowest BCUT2D eigenvalue weighted by molar-refractivity contribution is 0.0683. The number of nitrogens with one attached hydrogen (secondary N) is 2. The van der Waals surface area contributed by atoms with Crippen LogP contribution in [0.15, 0.2) is 9.52 Å². The normalized spacial score (nSPS) is 18.1.